The summed E-state index contributed by atoms with van der Waals surface area (Å²) >= 11 is 5.56. The lowest BCUT2D eigenvalue weighted by Gasteiger charge is -2.01. The Hall–Kier alpha value is -0.620. The number of benzene rings is 1. The molecule has 0 aliphatic carbocycles. The van der Waals surface area contributed by atoms with Crippen LogP contribution in [0.1, 0.15) is 5.56 Å². The van der Waals surface area contributed by atoms with Crippen molar-refractivity contribution in [1.29, 1.82) is 0 Å². The van der Waals surface area contributed by atoms with Gasteiger partial charge in [0.2, 0.25) is 0 Å². The molecule has 1 aromatic rings. The Morgan fingerprint density at radius 1 is 1.38 bits per heavy atom. The molecule has 0 saturated carbocycles. The molecule has 0 spiro atoms. The number of hydrogen-bond acceptors (Lipinski definition) is 2. The van der Waals surface area contributed by atoms with Gasteiger partial charge in [-0.05, 0) is 17.7 Å². The maximum Gasteiger partial charge on any atom is 0.294 e. The van der Waals surface area contributed by atoms with E-state index < -0.39 is 16.7 Å². The van der Waals surface area contributed by atoms with E-state index in [-0.39, 0.29) is 9.92 Å². The smallest absolute Gasteiger partial charge is 0.282 e. The molecule has 13 heavy (non-hydrogen) atoms. The summed E-state index contributed by atoms with van der Waals surface area (Å²) in [7, 11) is -4.24. The number of rotatable bonds is 2. The monoisotopic (exact) mass is 221 g/mol. The lowest BCUT2D eigenvalue weighted by atomic mass is 10.2. The van der Waals surface area contributed by atoms with E-state index in [0.717, 1.165) is 12.1 Å². The van der Waals surface area contributed by atoms with Gasteiger partial charge in [-0.25, -0.2) is 5.11 Å². The lowest BCUT2D eigenvalue weighted by molar-refractivity contribution is 0.177. The van der Waals surface area contributed by atoms with E-state index in [1.807, 2.05) is 0 Å². The Morgan fingerprint density at radius 2 is 2.00 bits per heavy atom. The molecule has 0 heterocycles. The SMILES string of the molecule is [O]Cc1ccc(S(=O)(=O)O)cc1Cl. The molecule has 0 aliphatic heterocycles. The second kappa shape index (κ2) is 3.63. The average molecular weight is 222 g/mol. The van der Waals surface area contributed by atoms with Gasteiger partial charge >= 0.3 is 0 Å². The van der Waals surface area contributed by atoms with Crippen LogP contribution in [0.25, 0.3) is 0 Å². The molecule has 6 heteroatoms. The van der Waals surface area contributed by atoms with Gasteiger partial charge in [-0.1, -0.05) is 17.7 Å². The lowest BCUT2D eigenvalue weighted by Crippen LogP contribution is -1.98. The highest BCUT2D eigenvalue weighted by molar-refractivity contribution is 7.85. The van der Waals surface area contributed by atoms with Crippen LogP contribution in [0.3, 0.4) is 0 Å². The molecular weight excluding hydrogens is 216 g/mol. The van der Waals surface area contributed by atoms with Crippen LogP contribution in [-0.4, -0.2) is 13.0 Å². The highest BCUT2D eigenvalue weighted by Gasteiger charge is 2.11. The summed E-state index contributed by atoms with van der Waals surface area (Å²) in [6.07, 6.45) is 0. The van der Waals surface area contributed by atoms with Crippen molar-refractivity contribution < 1.29 is 18.1 Å². The fourth-order valence-electron chi connectivity index (χ4n) is 0.806. The van der Waals surface area contributed by atoms with Crippen molar-refractivity contribution in [3.63, 3.8) is 0 Å². The second-order valence-electron chi connectivity index (χ2n) is 2.37. The third-order valence-corrected chi connectivity index (χ3v) is 2.68. The standard InChI is InChI=1S/C7H6ClO4S/c8-7-3-6(13(10,11)12)2-1-5(7)4-9/h1-3H,4H2,(H,10,11,12). The molecule has 4 nitrogen and oxygen atoms in total. The maximum atomic E-state index is 10.6. The van der Waals surface area contributed by atoms with Gasteiger partial charge in [0.05, 0.1) is 4.90 Å². The van der Waals surface area contributed by atoms with E-state index in [1.165, 1.54) is 6.07 Å². The van der Waals surface area contributed by atoms with Gasteiger partial charge in [0.1, 0.15) is 6.61 Å². The third kappa shape index (κ3) is 2.41. The molecule has 0 saturated heterocycles. The van der Waals surface area contributed by atoms with Gasteiger partial charge < -0.3 is 0 Å². The van der Waals surface area contributed by atoms with E-state index in [2.05, 4.69) is 0 Å². The highest BCUT2D eigenvalue weighted by Crippen LogP contribution is 2.20. The molecule has 0 bridgehead atoms. The normalized spacial score (nSPS) is 11.6. The summed E-state index contributed by atoms with van der Waals surface area (Å²) in [6, 6.07) is 3.46. The highest BCUT2D eigenvalue weighted by atomic mass is 35.5. The van der Waals surface area contributed by atoms with Gasteiger partial charge in [-0.15, -0.1) is 0 Å². The van der Waals surface area contributed by atoms with Crippen LogP contribution < -0.4 is 0 Å². The largest absolute Gasteiger partial charge is 0.294 e. The van der Waals surface area contributed by atoms with Crippen molar-refractivity contribution in [3.8, 4) is 0 Å². The maximum absolute atomic E-state index is 10.6. The summed E-state index contributed by atoms with van der Waals surface area (Å²) in [5.74, 6) is 0. The summed E-state index contributed by atoms with van der Waals surface area (Å²) in [4.78, 5) is -0.310. The first-order chi connectivity index (χ1) is 5.95. The predicted octanol–water partition coefficient (Wildman–Crippen LogP) is 1.52. The first-order valence-corrected chi connectivity index (χ1v) is 5.11. The zero-order valence-corrected chi connectivity index (χ0v) is 7.97. The van der Waals surface area contributed by atoms with Crippen molar-refractivity contribution in [2.24, 2.45) is 0 Å². The van der Waals surface area contributed by atoms with Gasteiger partial charge in [0, 0.05) is 5.02 Å². The zero-order valence-electron chi connectivity index (χ0n) is 6.40. The van der Waals surface area contributed by atoms with Crippen LogP contribution in [0.2, 0.25) is 5.02 Å². The molecule has 0 atom stereocenters. The van der Waals surface area contributed by atoms with E-state index in [1.54, 1.807) is 0 Å². The van der Waals surface area contributed by atoms with E-state index >= 15 is 0 Å². The van der Waals surface area contributed by atoms with Crippen molar-refractivity contribution in [1.82, 2.24) is 0 Å². The Kier molecular flexibility index (Phi) is 2.92. The number of halogens is 1. The predicted molar refractivity (Wildman–Crippen MR) is 45.7 cm³/mol. The van der Waals surface area contributed by atoms with Crippen molar-refractivity contribution in [2.75, 3.05) is 0 Å². The molecule has 1 rings (SSSR count). The molecule has 0 fully saturated rings. The van der Waals surface area contributed by atoms with E-state index in [4.69, 9.17) is 16.2 Å². The van der Waals surface area contributed by atoms with E-state index in [0.29, 0.717) is 5.56 Å². The molecule has 1 radical (unpaired) electrons. The fourth-order valence-corrected chi connectivity index (χ4v) is 1.61. The van der Waals surface area contributed by atoms with E-state index in [9.17, 15) is 13.5 Å². The molecule has 0 unspecified atom stereocenters. The first kappa shape index (κ1) is 10.5. The van der Waals surface area contributed by atoms with Gasteiger partial charge in [0.25, 0.3) is 10.1 Å². The van der Waals surface area contributed by atoms with Gasteiger partial charge in [0.15, 0.2) is 0 Å². The van der Waals surface area contributed by atoms with Gasteiger partial charge in [-0.3, -0.25) is 4.55 Å². The summed E-state index contributed by atoms with van der Waals surface area (Å²) in [5, 5.41) is 10.5. The van der Waals surface area contributed by atoms with Crippen LogP contribution in [0.4, 0.5) is 0 Å². The summed E-state index contributed by atoms with van der Waals surface area (Å²) in [6.45, 7) is -0.523. The summed E-state index contributed by atoms with van der Waals surface area (Å²) < 4.78 is 29.8. The molecule has 1 N–H and O–H groups in total. The van der Waals surface area contributed by atoms with Crippen molar-refractivity contribution >= 4 is 21.7 Å². The molecule has 1 aromatic carbocycles. The quantitative estimate of drug-likeness (QED) is 0.770. The molecule has 0 aromatic heterocycles. The Balaban J connectivity index is 3.26. The zero-order chi connectivity index (χ0) is 10.1. The minimum Gasteiger partial charge on any atom is -0.282 e. The number of hydrogen-bond donors (Lipinski definition) is 1. The molecule has 0 aliphatic rings. The summed E-state index contributed by atoms with van der Waals surface area (Å²) in [5.41, 5.74) is 0.300. The average Bonchev–Trinajstić information content (AvgIpc) is 2.02. The topological polar surface area (TPSA) is 74.3 Å². The molecular formula is C7H6ClO4S. The Bertz CT molecular complexity index is 413. The second-order valence-corrected chi connectivity index (χ2v) is 4.20. The first-order valence-electron chi connectivity index (χ1n) is 3.29. The van der Waals surface area contributed by atoms with Crippen molar-refractivity contribution in [3.05, 3.63) is 28.8 Å². The van der Waals surface area contributed by atoms with Crippen LogP contribution in [-0.2, 0) is 21.8 Å². The molecule has 71 valence electrons. The minimum atomic E-state index is -4.24. The Labute approximate surface area is 80.5 Å². The van der Waals surface area contributed by atoms with Crippen LogP contribution in [0, 0.1) is 0 Å². The van der Waals surface area contributed by atoms with Crippen LogP contribution >= 0.6 is 11.6 Å². The van der Waals surface area contributed by atoms with Crippen LogP contribution in [0.15, 0.2) is 23.1 Å². The fraction of sp³-hybridized carbons (Fsp3) is 0.143. The van der Waals surface area contributed by atoms with Gasteiger partial charge in [-0.2, -0.15) is 8.42 Å². The van der Waals surface area contributed by atoms with Crippen LogP contribution in [0.5, 0.6) is 0 Å². The minimum absolute atomic E-state index is 0.0464. The third-order valence-electron chi connectivity index (χ3n) is 1.48. The Morgan fingerprint density at radius 3 is 2.38 bits per heavy atom. The molecule has 0 amide bonds. The van der Waals surface area contributed by atoms with Crippen molar-refractivity contribution in [2.45, 2.75) is 11.5 Å².